The number of hydrogen-bond donors (Lipinski definition) is 2. The van der Waals surface area contributed by atoms with Gasteiger partial charge in [-0.3, -0.25) is 9.69 Å². The summed E-state index contributed by atoms with van der Waals surface area (Å²) in [4.78, 5) is 43.0. The van der Waals surface area contributed by atoms with E-state index in [0.717, 1.165) is 63.1 Å². The van der Waals surface area contributed by atoms with Gasteiger partial charge in [0.2, 0.25) is 11.8 Å². The third kappa shape index (κ3) is 5.94. The van der Waals surface area contributed by atoms with Gasteiger partial charge < -0.3 is 20.1 Å². The van der Waals surface area contributed by atoms with Crippen molar-refractivity contribution < 1.29 is 41.4 Å². The van der Waals surface area contributed by atoms with Crippen molar-refractivity contribution in [2.75, 3.05) is 24.5 Å². The van der Waals surface area contributed by atoms with Crippen LogP contribution in [0.1, 0.15) is 112 Å². The Morgan fingerprint density at radius 1 is 0.887 bits per heavy atom. The van der Waals surface area contributed by atoms with Crippen LogP contribution in [0.3, 0.4) is 0 Å². The Morgan fingerprint density at radius 3 is 2.15 bits per heavy atom. The molecular weight excluding hydrogens is 699 g/mol. The summed E-state index contributed by atoms with van der Waals surface area (Å²) < 4.78 is 77.5. The normalized spacial score (nSPS) is 34.1. The summed E-state index contributed by atoms with van der Waals surface area (Å²) in [6.07, 6.45) is 8.51. The number of nitrogens with zero attached hydrogens (tertiary/aromatic N) is 5. The van der Waals surface area contributed by atoms with Crippen LogP contribution in [0.25, 0.3) is 0 Å². The molecule has 2 aromatic heterocycles. The van der Waals surface area contributed by atoms with Crippen LogP contribution in [0, 0.1) is 23.7 Å². The fourth-order valence-electron chi connectivity index (χ4n) is 11.6. The molecule has 6 aliphatic carbocycles. The van der Waals surface area contributed by atoms with Crippen LogP contribution in [0.4, 0.5) is 33.6 Å². The van der Waals surface area contributed by atoms with Gasteiger partial charge in [0.15, 0.2) is 5.69 Å². The first-order chi connectivity index (χ1) is 25.2. The number of anilines is 2. The number of aromatic nitrogens is 3. The molecule has 53 heavy (non-hydrogen) atoms. The average molecular weight is 745 g/mol. The number of halogens is 5. The molecule has 4 bridgehead atoms. The number of rotatable bonds is 7. The molecule has 286 valence electrons. The highest BCUT2D eigenvalue weighted by Gasteiger charge is 2.62. The number of pyridine rings is 1. The van der Waals surface area contributed by atoms with Gasteiger partial charge in [0.05, 0.1) is 30.5 Å². The third-order valence-corrected chi connectivity index (χ3v) is 13.9. The molecule has 4 heterocycles. The van der Waals surface area contributed by atoms with E-state index < -0.39 is 40.8 Å². The van der Waals surface area contributed by atoms with Crippen molar-refractivity contribution in [2.45, 2.75) is 125 Å². The smallest absolute Gasteiger partial charge is 0.434 e. The van der Waals surface area contributed by atoms with E-state index in [2.05, 4.69) is 20.3 Å². The molecule has 10 rings (SSSR count). The molecule has 0 atom stereocenters. The summed E-state index contributed by atoms with van der Waals surface area (Å²) in [5.74, 6) is -4.58. The first-order valence-corrected chi connectivity index (χ1v) is 19.3. The van der Waals surface area contributed by atoms with E-state index in [0.29, 0.717) is 68.5 Å². The Labute approximate surface area is 304 Å². The van der Waals surface area contributed by atoms with Gasteiger partial charge in [0, 0.05) is 30.3 Å². The highest BCUT2D eigenvalue weighted by Crippen LogP contribution is 2.59. The van der Waals surface area contributed by atoms with Crippen LogP contribution in [-0.2, 0) is 16.4 Å². The number of carbonyl (C=O) groups excluding carboxylic acids is 1. The van der Waals surface area contributed by atoms with E-state index in [-0.39, 0.29) is 48.4 Å². The zero-order valence-electron chi connectivity index (χ0n) is 29.5. The molecule has 0 radical (unpaired) electrons. The van der Waals surface area contributed by atoms with Crippen LogP contribution < -0.4 is 15.0 Å². The van der Waals surface area contributed by atoms with E-state index in [4.69, 9.17) is 4.74 Å². The number of carbonyl (C=O) groups is 2. The third-order valence-electron chi connectivity index (χ3n) is 13.9. The molecule has 2 N–H and O–H groups in total. The quantitative estimate of drug-likeness (QED) is 0.292. The van der Waals surface area contributed by atoms with Crippen molar-refractivity contribution in [3.05, 3.63) is 35.3 Å². The molecule has 7 fully saturated rings. The van der Waals surface area contributed by atoms with Crippen LogP contribution in [0.5, 0.6) is 5.88 Å². The number of aliphatic carboxylic acids is 1. The van der Waals surface area contributed by atoms with Crippen LogP contribution >= 0.6 is 0 Å². The van der Waals surface area contributed by atoms with Gasteiger partial charge in [0.1, 0.15) is 11.6 Å². The Balaban J connectivity index is 0.976. The lowest BCUT2D eigenvalue weighted by atomic mass is 9.48. The molecule has 1 amide bonds. The summed E-state index contributed by atoms with van der Waals surface area (Å²) in [6.45, 7) is -0.0356. The summed E-state index contributed by atoms with van der Waals surface area (Å²) in [5.41, 5.74) is -2.68. The molecule has 0 unspecified atom stereocenters. The zero-order valence-corrected chi connectivity index (χ0v) is 29.5. The maximum Gasteiger partial charge on any atom is 0.434 e. The van der Waals surface area contributed by atoms with Gasteiger partial charge in [0.25, 0.3) is 11.8 Å². The second-order valence-corrected chi connectivity index (χ2v) is 17.1. The van der Waals surface area contributed by atoms with Crippen molar-refractivity contribution in [1.82, 2.24) is 25.2 Å². The van der Waals surface area contributed by atoms with Crippen molar-refractivity contribution in [2.24, 2.45) is 23.7 Å². The lowest BCUT2D eigenvalue weighted by Crippen LogP contribution is -2.70. The second kappa shape index (κ2) is 12.5. The van der Waals surface area contributed by atoms with E-state index >= 15 is 0 Å². The van der Waals surface area contributed by atoms with Crippen LogP contribution in [0.15, 0.2) is 18.5 Å². The number of ether oxygens (including phenoxy) is 1. The molecule has 2 aromatic rings. The second-order valence-electron chi connectivity index (χ2n) is 17.1. The average Bonchev–Trinajstić information content (AvgIpc) is 3.40. The summed E-state index contributed by atoms with van der Waals surface area (Å²) in [5, 5.41) is 13.1. The van der Waals surface area contributed by atoms with Gasteiger partial charge in [-0.05, 0) is 99.9 Å². The molecule has 2 aliphatic heterocycles. The van der Waals surface area contributed by atoms with Crippen molar-refractivity contribution in [3.8, 4) is 5.88 Å². The molecule has 1 saturated heterocycles. The van der Waals surface area contributed by atoms with Crippen molar-refractivity contribution >= 4 is 23.5 Å². The predicted molar refractivity (Wildman–Crippen MR) is 181 cm³/mol. The van der Waals surface area contributed by atoms with E-state index in [1.807, 2.05) is 11.0 Å². The minimum Gasteiger partial charge on any atom is -0.479 e. The first-order valence-electron chi connectivity index (χ1n) is 19.3. The maximum absolute atomic E-state index is 14.8. The fourth-order valence-corrected chi connectivity index (χ4v) is 11.6. The molecule has 10 nitrogen and oxygen atoms in total. The van der Waals surface area contributed by atoms with Gasteiger partial charge in [-0.25, -0.2) is 28.5 Å². The fraction of sp³-hybridized carbons (Fsp3) is 0.711. The van der Waals surface area contributed by atoms with Crippen molar-refractivity contribution in [1.29, 1.82) is 0 Å². The van der Waals surface area contributed by atoms with Crippen LogP contribution in [-0.4, -0.2) is 80.1 Å². The lowest BCUT2D eigenvalue weighted by molar-refractivity contribution is -0.163. The number of fused-ring (bicyclic) bond motifs is 2. The Hall–Kier alpha value is -3.62. The first kappa shape index (κ1) is 35.1. The largest absolute Gasteiger partial charge is 0.479 e. The molecule has 15 heteroatoms. The summed E-state index contributed by atoms with van der Waals surface area (Å²) in [6, 6.07) is 2.02. The monoisotopic (exact) mass is 744 g/mol. The Morgan fingerprint density at radius 2 is 1.55 bits per heavy atom. The number of alkyl halides is 5. The minimum absolute atomic E-state index is 0.117. The molecule has 1 spiro atoms. The topological polar surface area (TPSA) is 121 Å². The van der Waals surface area contributed by atoms with Gasteiger partial charge in [-0.15, -0.1) is 0 Å². The highest BCUT2D eigenvalue weighted by molar-refractivity contribution is 5.99. The van der Waals surface area contributed by atoms with Gasteiger partial charge in [-0.2, -0.15) is 13.2 Å². The number of amides is 1. The van der Waals surface area contributed by atoms with Gasteiger partial charge in [-0.1, -0.05) is 19.3 Å². The number of nitrogens with one attached hydrogen (secondary N) is 1. The maximum atomic E-state index is 14.8. The Kier molecular flexibility index (Phi) is 8.25. The SMILES string of the molecule is O=C(NC1(C(=O)O)C2CC3CC(C2)CC1C3)c1cnc(N2CC3(CCCCC3)c3cc(OC4CCC(N5CC(F)(F)C5)CC4)ncc32)nc1C(F)(F)F. The number of hydrogen-bond acceptors (Lipinski definition) is 8. The zero-order chi connectivity index (χ0) is 36.9. The predicted octanol–water partition coefficient (Wildman–Crippen LogP) is 6.89. The molecular formula is C38H45F5N6O4. The molecule has 6 saturated carbocycles. The number of carboxylic acids is 1. The van der Waals surface area contributed by atoms with Crippen LogP contribution in [0.2, 0.25) is 0 Å². The Bertz CT molecular complexity index is 1760. The minimum atomic E-state index is -5.01. The molecule has 8 aliphatic rings. The molecule has 0 aromatic carbocycles. The highest BCUT2D eigenvalue weighted by atomic mass is 19.4. The standard InChI is InChI=1S/C38H45F5N6O4/c39-36(40)19-48(20-36)25-4-6-26(7-5-25)53-30-15-28-29(17-44-30)49(18-35(28)8-2-1-3-9-35)34-45-16-27(31(46-34)38(41,42)43)32(50)47-37(33(51)52)23-11-21-10-22(13-23)14-24(37)12-21/h15-17,21-26H,1-14,18-20H2,(H,47,50)(H,51,52). The van der Waals surface area contributed by atoms with Gasteiger partial charge >= 0.3 is 12.1 Å². The van der Waals surface area contributed by atoms with E-state index in [1.165, 1.54) is 0 Å². The van der Waals surface area contributed by atoms with E-state index in [1.54, 1.807) is 11.1 Å². The van der Waals surface area contributed by atoms with Crippen molar-refractivity contribution in [3.63, 3.8) is 0 Å². The number of likely N-dealkylation sites (tertiary alicyclic amines) is 1. The van der Waals surface area contributed by atoms with E-state index in [9.17, 15) is 36.6 Å². The number of carboxylic acid groups (broad SMARTS) is 1. The lowest BCUT2D eigenvalue weighted by Gasteiger charge is -2.59. The summed E-state index contributed by atoms with van der Waals surface area (Å²) >= 11 is 0. The summed E-state index contributed by atoms with van der Waals surface area (Å²) in [7, 11) is 0.